The standard InChI is InChI=1S/C21H14ClNO3S/c1-25-18-12-13(20-23-16-8-4-5-9-19(16)27-20)10-11-17(18)26-21(24)14-6-2-3-7-15(14)22/h2-12H,1H3. The molecular weight excluding hydrogens is 382 g/mol. The molecule has 0 fully saturated rings. The average Bonchev–Trinajstić information content (AvgIpc) is 3.12. The maximum absolute atomic E-state index is 12.4. The number of para-hydroxylation sites is 1. The molecule has 3 aromatic carbocycles. The zero-order valence-electron chi connectivity index (χ0n) is 14.3. The zero-order valence-corrected chi connectivity index (χ0v) is 15.9. The Kier molecular flexibility index (Phi) is 4.79. The molecule has 134 valence electrons. The number of thiazole rings is 1. The number of aromatic nitrogens is 1. The van der Waals surface area contributed by atoms with Gasteiger partial charge in [-0.3, -0.25) is 0 Å². The summed E-state index contributed by atoms with van der Waals surface area (Å²) in [7, 11) is 1.53. The Morgan fingerprint density at radius 3 is 2.56 bits per heavy atom. The summed E-state index contributed by atoms with van der Waals surface area (Å²) in [6.45, 7) is 0. The van der Waals surface area contributed by atoms with Crippen LogP contribution in [0.2, 0.25) is 5.02 Å². The molecule has 0 spiro atoms. The van der Waals surface area contributed by atoms with Crippen molar-refractivity contribution in [2.24, 2.45) is 0 Å². The first-order chi connectivity index (χ1) is 13.2. The highest BCUT2D eigenvalue weighted by molar-refractivity contribution is 7.21. The summed E-state index contributed by atoms with van der Waals surface area (Å²) >= 11 is 7.66. The first-order valence-corrected chi connectivity index (χ1v) is 9.36. The maximum Gasteiger partial charge on any atom is 0.345 e. The molecule has 4 nitrogen and oxygen atoms in total. The minimum atomic E-state index is -0.536. The van der Waals surface area contributed by atoms with E-state index in [1.54, 1.807) is 41.7 Å². The molecule has 1 aromatic heterocycles. The minimum Gasteiger partial charge on any atom is -0.493 e. The third-order valence-electron chi connectivity index (χ3n) is 4.00. The second-order valence-corrected chi connectivity index (χ2v) is 7.16. The molecule has 0 N–H and O–H groups in total. The van der Waals surface area contributed by atoms with Crippen LogP contribution in [-0.4, -0.2) is 18.1 Å². The second-order valence-electron chi connectivity index (χ2n) is 5.72. The Bertz CT molecular complexity index is 1110. The fourth-order valence-electron chi connectivity index (χ4n) is 2.66. The van der Waals surface area contributed by atoms with Crippen molar-refractivity contribution in [1.82, 2.24) is 4.98 Å². The maximum atomic E-state index is 12.4. The molecule has 0 aliphatic carbocycles. The van der Waals surface area contributed by atoms with Crippen molar-refractivity contribution in [2.75, 3.05) is 7.11 Å². The number of ether oxygens (including phenoxy) is 2. The summed E-state index contributed by atoms with van der Waals surface area (Å²) in [5.74, 6) is 0.242. The largest absolute Gasteiger partial charge is 0.493 e. The Hall–Kier alpha value is -2.89. The number of methoxy groups -OCH3 is 1. The van der Waals surface area contributed by atoms with Gasteiger partial charge in [-0.1, -0.05) is 35.9 Å². The van der Waals surface area contributed by atoms with E-state index in [1.807, 2.05) is 36.4 Å². The van der Waals surface area contributed by atoms with Crippen LogP contribution in [0, 0.1) is 0 Å². The lowest BCUT2D eigenvalue weighted by Crippen LogP contribution is -2.09. The second kappa shape index (κ2) is 7.39. The lowest BCUT2D eigenvalue weighted by atomic mass is 10.2. The van der Waals surface area contributed by atoms with Gasteiger partial charge < -0.3 is 9.47 Å². The SMILES string of the molecule is COc1cc(-c2nc3ccccc3s2)ccc1OC(=O)c1ccccc1Cl. The molecule has 0 aliphatic rings. The Morgan fingerprint density at radius 1 is 1.00 bits per heavy atom. The van der Waals surface area contributed by atoms with E-state index in [4.69, 9.17) is 21.1 Å². The molecule has 0 radical (unpaired) electrons. The monoisotopic (exact) mass is 395 g/mol. The van der Waals surface area contributed by atoms with Gasteiger partial charge in [-0.2, -0.15) is 0 Å². The van der Waals surface area contributed by atoms with E-state index in [0.717, 1.165) is 20.8 Å². The highest BCUT2D eigenvalue weighted by atomic mass is 35.5. The predicted molar refractivity (Wildman–Crippen MR) is 108 cm³/mol. The third-order valence-corrected chi connectivity index (χ3v) is 5.42. The summed E-state index contributed by atoms with van der Waals surface area (Å²) < 4.78 is 12.0. The molecule has 4 rings (SSSR count). The summed E-state index contributed by atoms with van der Waals surface area (Å²) in [6, 6.07) is 20.1. The number of halogens is 1. The lowest BCUT2D eigenvalue weighted by molar-refractivity contribution is 0.0730. The number of nitrogens with zero attached hydrogens (tertiary/aromatic N) is 1. The Morgan fingerprint density at radius 2 is 1.78 bits per heavy atom. The highest BCUT2D eigenvalue weighted by Crippen LogP contribution is 2.36. The molecule has 0 aliphatic heterocycles. The van der Waals surface area contributed by atoms with Crippen molar-refractivity contribution in [3.8, 4) is 22.1 Å². The number of benzene rings is 3. The fourth-order valence-corrected chi connectivity index (χ4v) is 3.84. The highest BCUT2D eigenvalue weighted by Gasteiger charge is 2.16. The molecule has 6 heteroatoms. The molecule has 0 unspecified atom stereocenters. The van der Waals surface area contributed by atoms with Gasteiger partial charge in [0, 0.05) is 5.56 Å². The van der Waals surface area contributed by atoms with Crippen LogP contribution in [0.25, 0.3) is 20.8 Å². The van der Waals surface area contributed by atoms with Gasteiger partial charge in [0.1, 0.15) is 5.01 Å². The van der Waals surface area contributed by atoms with E-state index in [9.17, 15) is 4.79 Å². The molecule has 0 amide bonds. The number of rotatable bonds is 4. The van der Waals surface area contributed by atoms with E-state index < -0.39 is 5.97 Å². The van der Waals surface area contributed by atoms with Crippen molar-refractivity contribution < 1.29 is 14.3 Å². The topological polar surface area (TPSA) is 48.4 Å². The number of hydrogen-bond donors (Lipinski definition) is 0. The molecule has 4 aromatic rings. The number of fused-ring (bicyclic) bond motifs is 1. The van der Waals surface area contributed by atoms with Crippen molar-refractivity contribution >= 4 is 39.1 Å². The van der Waals surface area contributed by atoms with Gasteiger partial charge in [-0.15, -0.1) is 11.3 Å². The van der Waals surface area contributed by atoms with Crippen molar-refractivity contribution in [1.29, 1.82) is 0 Å². The normalized spacial score (nSPS) is 10.7. The summed E-state index contributed by atoms with van der Waals surface area (Å²) in [5, 5.41) is 1.21. The van der Waals surface area contributed by atoms with E-state index in [1.165, 1.54) is 7.11 Å². The van der Waals surface area contributed by atoms with Crippen molar-refractivity contribution in [3.05, 3.63) is 77.3 Å². The minimum absolute atomic E-state index is 0.302. The van der Waals surface area contributed by atoms with Gasteiger partial charge in [0.25, 0.3) is 0 Å². The zero-order chi connectivity index (χ0) is 18.8. The third kappa shape index (κ3) is 3.52. The first-order valence-electron chi connectivity index (χ1n) is 8.16. The molecule has 0 saturated carbocycles. The lowest BCUT2D eigenvalue weighted by Gasteiger charge is -2.11. The van der Waals surface area contributed by atoms with Crippen LogP contribution in [0.5, 0.6) is 11.5 Å². The van der Waals surface area contributed by atoms with Crippen LogP contribution < -0.4 is 9.47 Å². The van der Waals surface area contributed by atoms with Gasteiger partial charge in [0.15, 0.2) is 11.5 Å². The van der Waals surface area contributed by atoms with Gasteiger partial charge in [0.05, 0.1) is 27.9 Å². The molecule has 1 heterocycles. The summed E-state index contributed by atoms with van der Waals surface area (Å²) in [6.07, 6.45) is 0. The van der Waals surface area contributed by atoms with Gasteiger partial charge in [-0.25, -0.2) is 9.78 Å². The molecule has 0 bridgehead atoms. The van der Waals surface area contributed by atoms with Crippen LogP contribution in [0.1, 0.15) is 10.4 Å². The Labute approximate surface area is 165 Å². The fraction of sp³-hybridized carbons (Fsp3) is 0.0476. The van der Waals surface area contributed by atoms with Gasteiger partial charge >= 0.3 is 5.97 Å². The Balaban J connectivity index is 1.65. The summed E-state index contributed by atoms with van der Waals surface area (Å²) in [5.41, 5.74) is 2.15. The van der Waals surface area contributed by atoms with Gasteiger partial charge in [0.2, 0.25) is 0 Å². The van der Waals surface area contributed by atoms with Crippen LogP contribution >= 0.6 is 22.9 Å². The number of esters is 1. The summed E-state index contributed by atoms with van der Waals surface area (Å²) in [4.78, 5) is 17.0. The molecule has 0 atom stereocenters. The van der Waals surface area contributed by atoms with E-state index >= 15 is 0 Å². The first kappa shape index (κ1) is 17.5. The van der Waals surface area contributed by atoms with E-state index in [0.29, 0.717) is 22.1 Å². The van der Waals surface area contributed by atoms with E-state index in [-0.39, 0.29) is 0 Å². The number of carbonyl (C=O) groups excluding carboxylic acids is 1. The van der Waals surface area contributed by atoms with Crippen molar-refractivity contribution in [3.63, 3.8) is 0 Å². The molecular formula is C21H14ClNO3S. The number of hydrogen-bond acceptors (Lipinski definition) is 5. The smallest absolute Gasteiger partial charge is 0.345 e. The van der Waals surface area contributed by atoms with E-state index in [2.05, 4.69) is 4.98 Å². The van der Waals surface area contributed by atoms with Crippen LogP contribution in [0.3, 0.4) is 0 Å². The molecule has 27 heavy (non-hydrogen) atoms. The number of carbonyl (C=O) groups is 1. The quantitative estimate of drug-likeness (QED) is 0.321. The average molecular weight is 396 g/mol. The predicted octanol–water partition coefficient (Wildman–Crippen LogP) is 5.84. The van der Waals surface area contributed by atoms with Crippen molar-refractivity contribution in [2.45, 2.75) is 0 Å². The van der Waals surface area contributed by atoms with Crippen LogP contribution in [-0.2, 0) is 0 Å². The van der Waals surface area contributed by atoms with Gasteiger partial charge in [-0.05, 0) is 42.5 Å². The van der Waals surface area contributed by atoms with Crippen LogP contribution in [0.4, 0.5) is 0 Å². The van der Waals surface area contributed by atoms with Crippen LogP contribution in [0.15, 0.2) is 66.7 Å². The molecule has 0 saturated heterocycles.